The van der Waals surface area contributed by atoms with Crippen molar-refractivity contribution in [2.75, 3.05) is 6.54 Å². The summed E-state index contributed by atoms with van der Waals surface area (Å²) in [7, 11) is 0. The second kappa shape index (κ2) is 5.18. The third-order valence-corrected chi connectivity index (χ3v) is 3.95. The van der Waals surface area contributed by atoms with Gasteiger partial charge in [0, 0.05) is 4.47 Å². The number of hydrogen-bond donors (Lipinski definition) is 1. The Morgan fingerprint density at radius 2 is 2.31 bits per heavy atom. The molecule has 0 saturated heterocycles. The molecule has 0 spiro atoms. The third-order valence-electron chi connectivity index (χ3n) is 2.71. The van der Waals surface area contributed by atoms with Crippen LogP contribution >= 0.6 is 27.5 Å². The van der Waals surface area contributed by atoms with Crippen molar-refractivity contribution in [1.29, 1.82) is 5.26 Å². The van der Waals surface area contributed by atoms with E-state index in [2.05, 4.69) is 27.3 Å². The number of nitrogens with one attached hydrogen (secondary N) is 1. The molecule has 2 rings (SSSR count). The molecule has 1 atom stereocenters. The van der Waals surface area contributed by atoms with Gasteiger partial charge in [-0.2, -0.15) is 5.26 Å². The number of nitriles is 1. The Hall–Kier alpha value is -0.560. The zero-order chi connectivity index (χ0) is 11.5. The molecule has 2 nitrogen and oxygen atoms in total. The van der Waals surface area contributed by atoms with E-state index in [0.29, 0.717) is 5.02 Å². The van der Waals surface area contributed by atoms with Gasteiger partial charge < -0.3 is 0 Å². The van der Waals surface area contributed by atoms with Gasteiger partial charge in [0.25, 0.3) is 0 Å². The number of benzene rings is 1. The Morgan fingerprint density at radius 3 is 2.88 bits per heavy atom. The fraction of sp³-hybridized carbons (Fsp3) is 0.417. The van der Waals surface area contributed by atoms with Crippen LogP contribution in [0.15, 0.2) is 22.7 Å². The van der Waals surface area contributed by atoms with Gasteiger partial charge in [0.05, 0.1) is 11.1 Å². The third kappa shape index (κ3) is 2.98. The molecule has 0 aliphatic heterocycles. The zero-order valence-corrected chi connectivity index (χ0v) is 11.1. The highest BCUT2D eigenvalue weighted by atomic mass is 79.9. The van der Waals surface area contributed by atoms with Gasteiger partial charge in [-0.15, -0.1) is 0 Å². The van der Waals surface area contributed by atoms with E-state index in [1.807, 2.05) is 18.2 Å². The van der Waals surface area contributed by atoms with E-state index >= 15 is 0 Å². The van der Waals surface area contributed by atoms with Crippen molar-refractivity contribution >= 4 is 27.5 Å². The highest BCUT2D eigenvalue weighted by Crippen LogP contribution is 2.29. The summed E-state index contributed by atoms with van der Waals surface area (Å²) < 4.78 is 0.858. The number of halogens is 2. The lowest BCUT2D eigenvalue weighted by atomic mass is 10.1. The molecule has 1 aliphatic carbocycles. The summed E-state index contributed by atoms with van der Waals surface area (Å²) in [5.74, 6) is 0.766. The van der Waals surface area contributed by atoms with Crippen molar-refractivity contribution in [3.05, 3.63) is 33.3 Å². The number of nitrogens with zero attached hydrogens (tertiary/aromatic N) is 1. The predicted octanol–water partition coefficient (Wildman–Crippen LogP) is 3.67. The fourth-order valence-corrected chi connectivity index (χ4v) is 1.97. The molecule has 0 radical (unpaired) electrons. The van der Waals surface area contributed by atoms with Crippen LogP contribution in [0.2, 0.25) is 5.02 Å². The molecule has 16 heavy (non-hydrogen) atoms. The second-order valence-electron chi connectivity index (χ2n) is 4.09. The summed E-state index contributed by atoms with van der Waals surface area (Å²) >= 11 is 9.34. The van der Waals surface area contributed by atoms with Gasteiger partial charge in [0.15, 0.2) is 0 Å². The Labute approximate surface area is 109 Å². The molecule has 1 unspecified atom stereocenters. The van der Waals surface area contributed by atoms with Crippen LogP contribution in [0.5, 0.6) is 0 Å². The summed E-state index contributed by atoms with van der Waals surface area (Å²) in [5, 5.41) is 13.0. The van der Waals surface area contributed by atoms with Crippen LogP contribution < -0.4 is 5.32 Å². The van der Waals surface area contributed by atoms with E-state index in [1.54, 1.807) is 0 Å². The summed E-state index contributed by atoms with van der Waals surface area (Å²) in [5.41, 5.74) is 0.927. The molecule has 0 amide bonds. The highest BCUT2D eigenvalue weighted by Gasteiger charge is 2.22. The molecule has 84 valence electrons. The number of rotatable bonds is 4. The van der Waals surface area contributed by atoms with Gasteiger partial charge in [-0.1, -0.05) is 17.7 Å². The molecule has 1 N–H and O–H groups in total. The van der Waals surface area contributed by atoms with Crippen molar-refractivity contribution in [3.8, 4) is 6.07 Å². The molecule has 1 aromatic carbocycles. The Bertz CT molecular complexity index is 424. The van der Waals surface area contributed by atoms with Gasteiger partial charge in [-0.25, -0.2) is 0 Å². The van der Waals surface area contributed by atoms with E-state index < -0.39 is 0 Å². The molecule has 1 aliphatic rings. The first-order chi connectivity index (χ1) is 7.70. The molecule has 1 saturated carbocycles. The van der Waals surface area contributed by atoms with E-state index in [-0.39, 0.29) is 6.04 Å². The minimum atomic E-state index is -0.258. The van der Waals surface area contributed by atoms with Crippen molar-refractivity contribution in [3.63, 3.8) is 0 Å². The first-order valence-electron chi connectivity index (χ1n) is 5.28. The van der Waals surface area contributed by atoms with E-state index in [1.165, 1.54) is 12.8 Å². The predicted molar refractivity (Wildman–Crippen MR) is 68.2 cm³/mol. The molecule has 1 fully saturated rings. The van der Waals surface area contributed by atoms with Crippen molar-refractivity contribution in [1.82, 2.24) is 5.32 Å². The van der Waals surface area contributed by atoms with Crippen LogP contribution in [0.1, 0.15) is 24.4 Å². The normalized spacial score (nSPS) is 16.8. The van der Waals surface area contributed by atoms with Crippen LogP contribution in [-0.2, 0) is 0 Å². The average molecular weight is 300 g/mol. The minimum absolute atomic E-state index is 0.258. The molecule has 1 aromatic rings. The summed E-state index contributed by atoms with van der Waals surface area (Å²) in [6.45, 7) is 0.923. The van der Waals surface area contributed by atoms with Crippen LogP contribution in [0.25, 0.3) is 0 Å². The summed E-state index contributed by atoms with van der Waals surface area (Å²) in [4.78, 5) is 0. The maximum absolute atomic E-state index is 9.11. The van der Waals surface area contributed by atoms with Gasteiger partial charge >= 0.3 is 0 Å². The Morgan fingerprint density at radius 1 is 1.56 bits per heavy atom. The molecule has 0 heterocycles. The van der Waals surface area contributed by atoms with Crippen molar-refractivity contribution < 1.29 is 0 Å². The lowest BCUT2D eigenvalue weighted by Gasteiger charge is -2.12. The largest absolute Gasteiger partial charge is 0.298 e. The first-order valence-corrected chi connectivity index (χ1v) is 6.45. The van der Waals surface area contributed by atoms with Crippen molar-refractivity contribution in [2.24, 2.45) is 5.92 Å². The van der Waals surface area contributed by atoms with E-state index in [4.69, 9.17) is 16.9 Å². The van der Waals surface area contributed by atoms with Crippen LogP contribution in [-0.4, -0.2) is 6.54 Å². The smallest absolute Gasteiger partial charge is 0.121 e. The lowest BCUT2D eigenvalue weighted by Crippen LogP contribution is -2.22. The average Bonchev–Trinajstić information content (AvgIpc) is 3.08. The molecule has 0 aromatic heterocycles. The van der Waals surface area contributed by atoms with Crippen LogP contribution in [0.4, 0.5) is 0 Å². The van der Waals surface area contributed by atoms with Gasteiger partial charge in [-0.3, -0.25) is 5.32 Å². The van der Waals surface area contributed by atoms with Crippen LogP contribution in [0.3, 0.4) is 0 Å². The van der Waals surface area contributed by atoms with Gasteiger partial charge in [0.1, 0.15) is 6.04 Å². The SMILES string of the molecule is N#CC(NCC1CC1)c1ccc(Br)c(Cl)c1. The van der Waals surface area contributed by atoms with E-state index in [0.717, 1.165) is 22.5 Å². The lowest BCUT2D eigenvalue weighted by molar-refractivity contribution is 0.593. The molecule has 0 bridgehead atoms. The highest BCUT2D eigenvalue weighted by molar-refractivity contribution is 9.10. The zero-order valence-electron chi connectivity index (χ0n) is 8.71. The van der Waals surface area contributed by atoms with Crippen LogP contribution in [0, 0.1) is 17.2 Å². The Balaban J connectivity index is 2.06. The quantitative estimate of drug-likeness (QED) is 0.921. The fourth-order valence-electron chi connectivity index (χ4n) is 1.54. The molecular formula is C12H12BrClN2. The summed E-state index contributed by atoms with van der Waals surface area (Å²) in [6.07, 6.45) is 2.57. The van der Waals surface area contributed by atoms with Gasteiger partial charge in [-0.05, 0) is 58.9 Å². The Kier molecular flexibility index (Phi) is 3.86. The van der Waals surface area contributed by atoms with Crippen molar-refractivity contribution in [2.45, 2.75) is 18.9 Å². The van der Waals surface area contributed by atoms with E-state index in [9.17, 15) is 0 Å². The topological polar surface area (TPSA) is 35.8 Å². The monoisotopic (exact) mass is 298 g/mol. The second-order valence-corrected chi connectivity index (χ2v) is 5.35. The maximum atomic E-state index is 9.11. The standard InChI is InChI=1S/C12H12BrClN2/c13-10-4-3-9(5-11(10)14)12(6-15)16-7-8-1-2-8/h3-5,8,12,16H,1-2,7H2. The molecular weight excluding hydrogens is 288 g/mol. The molecule has 4 heteroatoms. The van der Waals surface area contributed by atoms with Gasteiger partial charge in [0.2, 0.25) is 0 Å². The maximum Gasteiger partial charge on any atom is 0.121 e. The summed E-state index contributed by atoms with van der Waals surface area (Å²) in [6, 6.07) is 7.63. The minimum Gasteiger partial charge on any atom is -0.298 e. The first kappa shape index (κ1) is 11.9. The number of hydrogen-bond acceptors (Lipinski definition) is 2.